The van der Waals surface area contributed by atoms with Crippen molar-refractivity contribution < 1.29 is 9.18 Å². The molecule has 0 aliphatic rings. The molecule has 0 spiro atoms. The molecule has 3 rings (SSSR count). The van der Waals surface area contributed by atoms with Crippen LogP contribution < -0.4 is 5.32 Å². The van der Waals surface area contributed by atoms with Crippen LogP contribution in [0.4, 0.5) is 9.52 Å². The molecule has 0 bridgehead atoms. The molecule has 0 aliphatic carbocycles. The second-order valence-corrected chi connectivity index (χ2v) is 7.39. The van der Waals surface area contributed by atoms with Gasteiger partial charge in [0.15, 0.2) is 4.34 Å². The Morgan fingerprint density at radius 3 is 2.83 bits per heavy atom. The molecule has 122 valence electrons. The lowest BCUT2D eigenvalue weighted by molar-refractivity contribution is 0.102. The summed E-state index contributed by atoms with van der Waals surface area (Å²) >= 11 is 8.57. The fourth-order valence-electron chi connectivity index (χ4n) is 1.89. The zero-order valence-electron chi connectivity index (χ0n) is 12.2. The van der Waals surface area contributed by atoms with E-state index in [2.05, 4.69) is 15.5 Å². The highest BCUT2D eigenvalue weighted by Gasteiger charge is 2.11. The number of hydrogen-bond donors (Lipinski definition) is 1. The van der Waals surface area contributed by atoms with E-state index in [0.717, 1.165) is 5.56 Å². The summed E-state index contributed by atoms with van der Waals surface area (Å²) in [4.78, 5) is 12.1. The van der Waals surface area contributed by atoms with Crippen LogP contribution in [0.3, 0.4) is 0 Å². The average molecular weight is 380 g/mol. The number of thioether (sulfide) groups is 1. The smallest absolute Gasteiger partial charge is 0.257 e. The van der Waals surface area contributed by atoms with Gasteiger partial charge in [0.05, 0.1) is 0 Å². The van der Waals surface area contributed by atoms with Gasteiger partial charge < -0.3 is 0 Å². The molecule has 0 saturated carbocycles. The molecule has 2 aromatic carbocycles. The number of nitrogens with zero attached hydrogens (tertiary/aromatic N) is 2. The van der Waals surface area contributed by atoms with Gasteiger partial charge >= 0.3 is 0 Å². The molecule has 1 N–H and O–H groups in total. The second kappa shape index (κ2) is 7.74. The van der Waals surface area contributed by atoms with Crippen molar-refractivity contribution in [2.24, 2.45) is 0 Å². The summed E-state index contributed by atoms with van der Waals surface area (Å²) in [5, 5.41) is 11.5. The Kier molecular flexibility index (Phi) is 5.44. The highest BCUT2D eigenvalue weighted by atomic mass is 35.5. The van der Waals surface area contributed by atoms with Crippen LogP contribution in [0.25, 0.3) is 0 Å². The Morgan fingerprint density at radius 1 is 1.21 bits per heavy atom. The molecule has 4 nitrogen and oxygen atoms in total. The van der Waals surface area contributed by atoms with E-state index >= 15 is 0 Å². The van der Waals surface area contributed by atoms with Crippen molar-refractivity contribution in [2.75, 3.05) is 5.32 Å². The van der Waals surface area contributed by atoms with Gasteiger partial charge in [-0.25, -0.2) is 4.39 Å². The Morgan fingerprint density at radius 2 is 2.04 bits per heavy atom. The molecule has 1 aromatic heterocycles. The van der Waals surface area contributed by atoms with Gasteiger partial charge in [-0.3, -0.25) is 10.1 Å². The minimum atomic E-state index is -0.296. The van der Waals surface area contributed by atoms with Gasteiger partial charge in [-0.1, -0.05) is 52.9 Å². The first-order chi connectivity index (χ1) is 11.6. The first kappa shape index (κ1) is 16.9. The first-order valence-electron chi connectivity index (χ1n) is 6.88. The molecule has 0 fully saturated rings. The number of rotatable bonds is 5. The van der Waals surface area contributed by atoms with Crippen LogP contribution >= 0.6 is 34.7 Å². The Balaban J connectivity index is 1.60. The number of carbonyl (C=O) groups is 1. The van der Waals surface area contributed by atoms with Gasteiger partial charge in [-0.2, -0.15) is 0 Å². The average Bonchev–Trinajstić information content (AvgIpc) is 3.00. The maximum Gasteiger partial charge on any atom is 0.257 e. The van der Waals surface area contributed by atoms with Gasteiger partial charge in [0.25, 0.3) is 5.91 Å². The normalized spacial score (nSPS) is 10.6. The number of amides is 1. The van der Waals surface area contributed by atoms with E-state index in [1.807, 2.05) is 6.07 Å². The van der Waals surface area contributed by atoms with Gasteiger partial charge in [0.2, 0.25) is 5.13 Å². The summed E-state index contributed by atoms with van der Waals surface area (Å²) in [6, 6.07) is 13.1. The Hall–Kier alpha value is -1.96. The fourth-order valence-corrected chi connectivity index (χ4v) is 3.77. The quantitative estimate of drug-likeness (QED) is 0.507. The SMILES string of the molecule is O=C(Nc1nnc(SCc2cccc(F)c2)s1)c1cccc(Cl)c1. The molecule has 0 saturated heterocycles. The lowest BCUT2D eigenvalue weighted by Crippen LogP contribution is -2.11. The zero-order chi connectivity index (χ0) is 16.9. The lowest BCUT2D eigenvalue weighted by atomic mass is 10.2. The first-order valence-corrected chi connectivity index (χ1v) is 9.06. The number of anilines is 1. The third kappa shape index (κ3) is 4.53. The van der Waals surface area contributed by atoms with Gasteiger partial charge in [0.1, 0.15) is 5.82 Å². The molecule has 3 aromatic rings. The van der Waals surface area contributed by atoms with Crippen molar-refractivity contribution in [3.8, 4) is 0 Å². The largest absolute Gasteiger partial charge is 0.296 e. The lowest BCUT2D eigenvalue weighted by Gasteiger charge is -2.01. The van der Waals surface area contributed by atoms with E-state index in [1.54, 1.807) is 30.3 Å². The molecule has 8 heteroatoms. The number of hydrogen-bond acceptors (Lipinski definition) is 5. The van der Waals surface area contributed by atoms with Crippen molar-refractivity contribution in [2.45, 2.75) is 10.1 Å². The van der Waals surface area contributed by atoms with Crippen LogP contribution in [0, 0.1) is 5.82 Å². The molecular formula is C16H11ClFN3OS2. The van der Waals surface area contributed by atoms with E-state index in [4.69, 9.17) is 11.6 Å². The van der Waals surface area contributed by atoms with E-state index in [1.165, 1.54) is 35.2 Å². The number of halogens is 2. The highest BCUT2D eigenvalue weighted by Crippen LogP contribution is 2.28. The van der Waals surface area contributed by atoms with Crippen LogP contribution in [0.2, 0.25) is 5.02 Å². The molecule has 0 atom stereocenters. The predicted molar refractivity (Wildman–Crippen MR) is 95.3 cm³/mol. The molecule has 1 heterocycles. The fraction of sp³-hybridized carbons (Fsp3) is 0.0625. The van der Waals surface area contributed by atoms with Gasteiger partial charge in [0, 0.05) is 16.3 Å². The minimum absolute atomic E-state index is 0.264. The van der Waals surface area contributed by atoms with Crippen molar-refractivity contribution in [3.05, 3.63) is 70.5 Å². The van der Waals surface area contributed by atoms with Crippen LogP contribution in [0.15, 0.2) is 52.9 Å². The maximum atomic E-state index is 13.1. The van der Waals surface area contributed by atoms with Crippen molar-refractivity contribution in [1.82, 2.24) is 10.2 Å². The summed E-state index contributed by atoms with van der Waals surface area (Å²) in [6.45, 7) is 0. The molecule has 24 heavy (non-hydrogen) atoms. The molecule has 0 aliphatic heterocycles. The van der Waals surface area contributed by atoms with E-state index in [0.29, 0.717) is 25.8 Å². The van der Waals surface area contributed by atoms with Crippen molar-refractivity contribution in [1.29, 1.82) is 0 Å². The summed E-state index contributed by atoms with van der Waals surface area (Å²) < 4.78 is 13.8. The number of benzene rings is 2. The van der Waals surface area contributed by atoms with Crippen LogP contribution in [0.5, 0.6) is 0 Å². The number of nitrogens with one attached hydrogen (secondary N) is 1. The van der Waals surface area contributed by atoms with Crippen LogP contribution in [0.1, 0.15) is 15.9 Å². The number of aromatic nitrogens is 2. The minimum Gasteiger partial charge on any atom is -0.296 e. The van der Waals surface area contributed by atoms with E-state index < -0.39 is 0 Å². The van der Waals surface area contributed by atoms with Crippen molar-refractivity contribution >= 4 is 45.7 Å². The third-order valence-electron chi connectivity index (χ3n) is 2.97. The summed E-state index contributed by atoms with van der Waals surface area (Å²) in [5.41, 5.74) is 1.31. The van der Waals surface area contributed by atoms with Gasteiger partial charge in [-0.15, -0.1) is 10.2 Å². The van der Waals surface area contributed by atoms with Gasteiger partial charge in [-0.05, 0) is 35.9 Å². The zero-order valence-corrected chi connectivity index (χ0v) is 14.6. The molecule has 0 radical (unpaired) electrons. The Bertz CT molecular complexity index is 872. The predicted octanol–water partition coefficient (Wildman–Crippen LogP) is 4.88. The standard InChI is InChI=1S/C16H11ClFN3OS2/c17-12-5-2-4-11(8-12)14(22)19-15-20-21-16(24-15)23-9-10-3-1-6-13(18)7-10/h1-8H,9H2,(H,19,20,22). The second-order valence-electron chi connectivity index (χ2n) is 4.76. The van der Waals surface area contributed by atoms with E-state index in [-0.39, 0.29) is 11.7 Å². The summed E-state index contributed by atoms with van der Waals surface area (Å²) in [7, 11) is 0. The molecule has 0 unspecified atom stereocenters. The van der Waals surface area contributed by atoms with E-state index in [9.17, 15) is 9.18 Å². The van der Waals surface area contributed by atoms with Crippen molar-refractivity contribution in [3.63, 3.8) is 0 Å². The molecular weight excluding hydrogens is 369 g/mol. The summed E-state index contributed by atoms with van der Waals surface area (Å²) in [6.07, 6.45) is 0. The third-order valence-corrected chi connectivity index (χ3v) is 5.24. The summed E-state index contributed by atoms with van der Waals surface area (Å²) in [5.74, 6) is 0.0180. The molecule has 1 amide bonds. The highest BCUT2D eigenvalue weighted by molar-refractivity contribution is 8.00. The van der Waals surface area contributed by atoms with Crippen LogP contribution in [-0.2, 0) is 5.75 Å². The topological polar surface area (TPSA) is 54.9 Å². The monoisotopic (exact) mass is 379 g/mol. The number of carbonyl (C=O) groups excluding carboxylic acids is 1. The maximum absolute atomic E-state index is 13.1. The van der Waals surface area contributed by atoms with Crippen LogP contribution in [-0.4, -0.2) is 16.1 Å². The Labute approximate surface area is 151 Å².